The van der Waals surface area contributed by atoms with Gasteiger partial charge in [0.05, 0.1) is 33.3 Å². The first-order valence-corrected chi connectivity index (χ1v) is 13.1. The van der Waals surface area contributed by atoms with Gasteiger partial charge in [-0.25, -0.2) is 13.4 Å². The van der Waals surface area contributed by atoms with Gasteiger partial charge in [-0.3, -0.25) is 4.90 Å². The molecule has 0 radical (unpaired) electrons. The zero-order chi connectivity index (χ0) is 21.3. The molecule has 0 saturated carbocycles. The first-order chi connectivity index (χ1) is 15.1. The molecule has 2 aliphatic heterocycles. The Balaban J connectivity index is 1.23. The van der Waals surface area contributed by atoms with Gasteiger partial charge in [-0.2, -0.15) is 4.31 Å². The number of nitrogens with zero attached hydrogens (tertiary/aromatic N) is 3. The smallest absolute Gasteiger partial charge is 0.243 e. The fraction of sp³-hybridized carbons (Fsp3) is 0.435. The maximum atomic E-state index is 13.0. The summed E-state index contributed by atoms with van der Waals surface area (Å²) in [6.45, 7) is 4.55. The molecule has 8 heteroatoms. The molecule has 2 aliphatic rings. The topological polar surface area (TPSA) is 62.7 Å². The first-order valence-electron chi connectivity index (χ1n) is 10.8. The summed E-state index contributed by atoms with van der Waals surface area (Å²) < 4.78 is 34.0. The van der Waals surface area contributed by atoms with E-state index in [4.69, 9.17) is 9.72 Å². The van der Waals surface area contributed by atoms with Crippen LogP contribution in [0, 0.1) is 0 Å². The minimum absolute atomic E-state index is 0.385. The van der Waals surface area contributed by atoms with E-state index in [9.17, 15) is 8.42 Å². The van der Waals surface area contributed by atoms with Crippen molar-refractivity contribution in [3.05, 3.63) is 59.1 Å². The van der Waals surface area contributed by atoms with Crippen molar-refractivity contribution in [2.75, 3.05) is 39.4 Å². The van der Waals surface area contributed by atoms with E-state index < -0.39 is 10.0 Å². The second-order valence-corrected chi connectivity index (χ2v) is 11.2. The molecule has 0 N–H and O–H groups in total. The van der Waals surface area contributed by atoms with Crippen LogP contribution in [-0.2, 0) is 21.3 Å². The van der Waals surface area contributed by atoms with Gasteiger partial charge in [-0.05, 0) is 55.8 Å². The molecule has 0 aliphatic carbocycles. The quantitative estimate of drug-likeness (QED) is 0.585. The monoisotopic (exact) mass is 457 g/mol. The van der Waals surface area contributed by atoms with Gasteiger partial charge in [0.1, 0.15) is 0 Å². The molecule has 6 nitrogen and oxygen atoms in total. The van der Waals surface area contributed by atoms with Crippen LogP contribution in [0.15, 0.2) is 53.4 Å². The van der Waals surface area contributed by atoms with Crippen molar-refractivity contribution in [2.45, 2.75) is 30.2 Å². The molecule has 0 amide bonds. The van der Waals surface area contributed by atoms with Crippen LogP contribution in [0.25, 0.3) is 10.2 Å². The van der Waals surface area contributed by atoms with Crippen LogP contribution in [0.1, 0.15) is 29.3 Å². The van der Waals surface area contributed by atoms with E-state index in [-0.39, 0.29) is 0 Å². The number of hydrogen-bond donors (Lipinski definition) is 0. The molecule has 2 fully saturated rings. The molecule has 3 heterocycles. The maximum absolute atomic E-state index is 13.0. The average Bonchev–Trinajstić information content (AvgIpc) is 3.25. The van der Waals surface area contributed by atoms with Crippen molar-refractivity contribution >= 4 is 31.6 Å². The number of likely N-dealkylation sites (tertiary alicyclic amines) is 1. The van der Waals surface area contributed by atoms with Crippen molar-refractivity contribution < 1.29 is 13.2 Å². The lowest BCUT2D eigenvalue weighted by molar-refractivity contribution is 0.0730. The number of para-hydroxylation sites is 1. The van der Waals surface area contributed by atoms with Gasteiger partial charge < -0.3 is 4.74 Å². The van der Waals surface area contributed by atoms with Crippen LogP contribution in [0.2, 0.25) is 0 Å². The van der Waals surface area contributed by atoms with Gasteiger partial charge in [-0.15, -0.1) is 11.3 Å². The lowest BCUT2D eigenvalue weighted by Gasteiger charge is -2.31. The summed E-state index contributed by atoms with van der Waals surface area (Å²) in [7, 11) is -3.46. The average molecular weight is 458 g/mol. The second-order valence-electron chi connectivity index (χ2n) is 8.23. The number of morpholine rings is 1. The Morgan fingerprint density at radius 2 is 1.77 bits per heavy atom. The molecule has 0 spiro atoms. The number of piperidine rings is 1. The van der Waals surface area contributed by atoms with E-state index >= 15 is 0 Å². The highest BCUT2D eigenvalue weighted by Crippen LogP contribution is 2.34. The molecule has 0 bridgehead atoms. The van der Waals surface area contributed by atoms with E-state index in [0.717, 1.165) is 43.6 Å². The Hall–Kier alpha value is -1.84. The van der Waals surface area contributed by atoms with Gasteiger partial charge in [0.15, 0.2) is 0 Å². The Morgan fingerprint density at radius 1 is 1.00 bits per heavy atom. The summed E-state index contributed by atoms with van der Waals surface area (Å²) in [5, 5.41) is 1.25. The molecule has 3 aromatic rings. The summed E-state index contributed by atoms with van der Waals surface area (Å²) in [4.78, 5) is 7.65. The lowest BCUT2D eigenvalue weighted by atomic mass is 9.97. The Bertz CT molecular complexity index is 1110. The third-order valence-corrected chi connectivity index (χ3v) is 9.25. The van der Waals surface area contributed by atoms with Crippen molar-refractivity contribution in [3.63, 3.8) is 0 Å². The summed E-state index contributed by atoms with van der Waals surface area (Å²) >= 11 is 1.82. The maximum Gasteiger partial charge on any atom is 0.243 e. The van der Waals surface area contributed by atoms with Crippen LogP contribution in [-0.4, -0.2) is 62.0 Å². The number of aromatic nitrogens is 1. The largest absolute Gasteiger partial charge is 0.379 e. The fourth-order valence-corrected chi connectivity index (χ4v) is 7.02. The van der Waals surface area contributed by atoms with Crippen molar-refractivity contribution in [2.24, 2.45) is 0 Å². The van der Waals surface area contributed by atoms with Crippen LogP contribution < -0.4 is 0 Å². The van der Waals surface area contributed by atoms with E-state index in [1.54, 1.807) is 6.07 Å². The van der Waals surface area contributed by atoms with Crippen molar-refractivity contribution in [3.8, 4) is 0 Å². The summed E-state index contributed by atoms with van der Waals surface area (Å²) in [5.41, 5.74) is 2.15. The summed E-state index contributed by atoms with van der Waals surface area (Å²) in [6, 6.07) is 15.8. The van der Waals surface area contributed by atoms with Gasteiger partial charge in [0.25, 0.3) is 0 Å². The minimum Gasteiger partial charge on any atom is -0.379 e. The first kappa shape index (κ1) is 21.0. The number of rotatable bonds is 5. The van der Waals surface area contributed by atoms with Gasteiger partial charge in [0, 0.05) is 25.6 Å². The molecule has 1 aromatic heterocycles. The van der Waals surface area contributed by atoms with E-state index in [0.29, 0.717) is 37.1 Å². The fourth-order valence-electron chi connectivity index (χ4n) is 4.40. The molecular formula is C23H27N3O3S2. The zero-order valence-electron chi connectivity index (χ0n) is 17.4. The summed E-state index contributed by atoms with van der Waals surface area (Å²) in [5.74, 6) is 0.515. The SMILES string of the molecule is O=S(=O)(c1cccc(CN2CCC(c3nc4ccccc4s3)CC2)c1)N1CCOCC1. The van der Waals surface area contributed by atoms with E-state index in [1.165, 1.54) is 14.0 Å². The Morgan fingerprint density at radius 3 is 2.55 bits per heavy atom. The third kappa shape index (κ3) is 4.54. The van der Waals surface area contributed by atoms with Crippen LogP contribution in [0.3, 0.4) is 0 Å². The number of ether oxygens (including phenoxy) is 1. The molecular weight excluding hydrogens is 430 g/mol. The molecule has 5 rings (SSSR count). The number of sulfonamides is 1. The third-order valence-electron chi connectivity index (χ3n) is 6.16. The standard InChI is InChI=1S/C23H27N3O3S2/c27-31(28,26-12-14-29-15-13-26)20-5-3-4-18(16-20)17-25-10-8-19(9-11-25)23-24-21-6-1-2-7-22(21)30-23/h1-7,16,19H,8-15,17H2. The molecule has 164 valence electrons. The summed E-state index contributed by atoms with van der Waals surface area (Å²) in [6.07, 6.45) is 2.18. The van der Waals surface area contributed by atoms with Gasteiger partial charge in [-0.1, -0.05) is 24.3 Å². The van der Waals surface area contributed by atoms with Crippen LogP contribution >= 0.6 is 11.3 Å². The van der Waals surface area contributed by atoms with Crippen molar-refractivity contribution in [1.82, 2.24) is 14.2 Å². The van der Waals surface area contributed by atoms with Crippen LogP contribution in [0.5, 0.6) is 0 Å². The second kappa shape index (κ2) is 8.96. The minimum atomic E-state index is -3.46. The Kier molecular flexibility index (Phi) is 6.08. The van der Waals surface area contributed by atoms with Gasteiger partial charge in [0.2, 0.25) is 10.0 Å². The highest BCUT2D eigenvalue weighted by atomic mass is 32.2. The number of hydrogen-bond acceptors (Lipinski definition) is 6. The number of fused-ring (bicyclic) bond motifs is 1. The normalized spacial score (nSPS) is 19.7. The molecule has 2 saturated heterocycles. The predicted octanol–water partition coefficient (Wildman–Crippen LogP) is 3.70. The van der Waals surface area contributed by atoms with Crippen molar-refractivity contribution in [1.29, 1.82) is 0 Å². The highest BCUT2D eigenvalue weighted by Gasteiger charge is 2.27. The Labute approximate surface area is 187 Å². The molecule has 0 atom stereocenters. The highest BCUT2D eigenvalue weighted by molar-refractivity contribution is 7.89. The van der Waals surface area contributed by atoms with E-state index in [1.807, 2.05) is 35.6 Å². The van der Waals surface area contributed by atoms with Gasteiger partial charge >= 0.3 is 0 Å². The zero-order valence-corrected chi connectivity index (χ0v) is 19.1. The molecule has 0 unspecified atom stereocenters. The molecule has 2 aromatic carbocycles. The number of thiazole rings is 1. The van der Waals surface area contributed by atoms with Crippen LogP contribution in [0.4, 0.5) is 0 Å². The lowest BCUT2D eigenvalue weighted by Crippen LogP contribution is -2.40. The van der Waals surface area contributed by atoms with E-state index in [2.05, 4.69) is 23.1 Å². The predicted molar refractivity (Wildman–Crippen MR) is 123 cm³/mol. The number of benzene rings is 2. The molecule has 31 heavy (non-hydrogen) atoms.